The maximum Gasteiger partial charge on any atom is 0.243 e. The Morgan fingerprint density at radius 2 is 2.19 bits per heavy atom. The van der Waals surface area contributed by atoms with E-state index in [-0.39, 0.29) is 29.7 Å². The number of piperidine rings is 1. The molecule has 2 atom stereocenters. The second-order valence-electron chi connectivity index (χ2n) is 5.32. The van der Waals surface area contributed by atoms with E-state index in [0.29, 0.717) is 18.9 Å². The predicted molar refractivity (Wildman–Crippen MR) is 77.6 cm³/mol. The van der Waals surface area contributed by atoms with Gasteiger partial charge >= 0.3 is 0 Å². The predicted octanol–water partition coefficient (Wildman–Crippen LogP) is 1.33. The molecule has 21 heavy (non-hydrogen) atoms. The molecule has 7 heteroatoms. The zero-order valence-electron chi connectivity index (χ0n) is 12.3. The van der Waals surface area contributed by atoms with Gasteiger partial charge in [0.05, 0.1) is 11.0 Å². The van der Waals surface area contributed by atoms with E-state index in [1.54, 1.807) is 7.11 Å². The Labute approximate surface area is 124 Å². The van der Waals surface area contributed by atoms with E-state index in [1.165, 1.54) is 22.5 Å². The van der Waals surface area contributed by atoms with Gasteiger partial charge in [0.25, 0.3) is 0 Å². The number of halogens is 1. The fraction of sp³-hybridized carbons (Fsp3) is 0.571. The summed E-state index contributed by atoms with van der Waals surface area (Å²) in [5.41, 5.74) is 5.54. The number of hydrogen-bond donors (Lipinski definition) is 1. The van der Waals surface area contributed by atoms with E-state index in [2.05, 4.69) is 0 Å². The van der Waals surface area contributed by atoms with Crippen LogP contribution in [0.1, 0.15) is 18.9 Å². The first-order chi connectivity index (χ1) is 9.91. The van der Waals surface area contributed by atoms with Crippen LogP contribution in [-0.4, -0.2) is 39.0 Å². The lowest BCUT2D eigenvalue weighted by molar-refractivity contribution is 0.0183. The average molecular weight is 316 g/mol. The monoisotopic (exact) mass is 316 g/mol. The minimum atomic E-state index is -3.76. The van der Waals surface area contributed by atoms with E-state index in [4.69, 9.17) is 10.5 Å². The van der Waals surface area contributed by atoms with Gasteiger partial charge in [-0.2, -0.15) is 4.31 Å². The van der Waals surface area contributed by atoms with Crippen LogP contribution in [0.3, 0.4) is 0 Å². The van der Waals surface area contributed by atoms with Crippen molar-refractivity contribution in [3.8, 4) is 0 Å². The summed E-state index contributed by atoms with van der Waals surface area (Å²) in [6.45, 7) is 2.56. The Balaban J connectivity index is 2.37. The fourth-order valence-electron chi connectivity index (χ4n) is 2.65. The van der Waals surface area contributed by atoms with Gasteiger partial charge in [-0.25, -0.2) is 12.8 Å². The highest BCUT2D eigenvalue weighted by Crippen LogP contribution is 2.27. The molecule has 1 aromatic rings. The number of methoxy groups -OCH3 is 1. The van der Waals surface area contributed by atoms with Crippen molar-refractivity contribution in [2.45, 2.75) is 30.9 Å². The van der Waals surface area contributed by atoms with E-state index in [9.17, 15) is 12.8 Å². The molecule has 0 radical (unpaired) electrons. The normalized spacial score (nSPS) is 24.2. The molecule has 2 unspecified atom stereocenters. The van der Waals surface area contributed by atoms with Crippen molar-refractivity contribution in [3.63, 3.8) is 0 Å². The molecule has 118 valence electrons. The molecule has 1 aromatic carbocycles. The third kappa shape index (κ3) is 3.11. The van der Waals surface area contributed by atoms with Gasteiger partial charge in [-0.05, 0) is 24.5 Å². The van der Waals surface area contributed by atoms with Crippen LogP contribution in [0, 0.1) is 11.7 Å². The molecule has 1 fully saturated rings. The van der Waals surface area contributed by atoms with Crippen molar-refractivity contribution in [2.24, 2.45) is 11.7 Å². The molecule has 5 nitrogen and oxygen atoms in total. The number of nitrogens with two attached hydrogens (primary N) is 1. The quantitative estimate of drug-likeness (QED) is 0.909. The number of sulfonamides is 1. The summed E-state index contributed by atoms with van der Waals surface area (Å²) in [6, 6.07) is 4.01. The van der Waals surface area contributed by atoms with Gasteiger partial charge in [-0.15, -0.1) is 0 Å². The number of benzene rings is 1. The summed E-state index contributed by atoms with van der Waals surface area (Å²) >= 11 is 0. The van der Waals surface area contributed by atoms with Crippen molar-refractivity contribution in [1.29, 1.82) is 0 Å². The molecule has 0 aliphatic carbocycles. The van der Waals surface area contributed by atoms with Crippen LogP contribution in [0.4, 0.5) is 4.39 Å². The van der Waals surface area contributed by atoms with Crippen LogP contribution >= 0.6 is 0 Å². The molecule has 0 amide bonds. The molecule has 1 aliphatic rings. The van der Waals surface area contributed by atoms with Crippen LogP contribution in [0.2, 0.25) is 0 Å². The molecule has 0 spiro atoms. The van der Waals surface area contributed by atoms with Crippen LogP contribution in [-0.2, 0) is 21.3 Å². The largest absolute Gasteiger partial charge is 0.380 e. The maximum absolute atomic E-state index is 13.8. The number of hydrogen-bond acceptors (Lipinski definition) is 4. The summed E-state index contributed by atoms with van der Waals surface area (Å²) in [7, 11) is -2.19. The van der Waals surface area contributed by atoms with Gasteiger partial charge in [0.2, 0.25) is 10.0 Å². The lowest BCUT2D eigenvalue weighted by Gasteiger charge is -2.35. The van der Waals surface area contributed by atoms with Gasteiger partial charge in [-0.1, -0.05) is 13.0 Å². The smallest absolute Gasteiger partial charge is 0.243 e. The van der Waals surface area contributed by atoms with Crippen molar-refractivity contribution in [3.05, 3.63) is 29.6 Å². The van der Waals surface area contributed by atoms with Gasteiger partial charge < -0.3 is 10.5 Å². The van der Waals surface area contributed by atoms with Crippen LogP contribution < -0.4 is 5.73 Å². The van der Waals surface area contributed by atoms with Crippen LogP contribution in [0.25, 0.3) is 0 Å². The Kier molecular flexibility index (Phi) is 4.98. The molecule has 0 aromatic heterocycles. The van der Waals surface area contributed by atoms with Crippen molar-refractivity contribution >= 4 is 10.0 Å². The molecular formula is C14H21FN2O3S. The SMILES string of the molecule is COC1CN(S(=O)(=O)c2cccc(F)c2CN)CCC1C. The highest BCUT2D eigenvalue weighted by molar-refractivity contribution is 7.89. The van der Waals surface area contributed by atoms with Gasteiger partial charge in [0.1, 0.15) is 5.82 Å². The van der Waals surface area contributed by atoms with Gasteiger partial charge in [-0.3, -0.25) is 0 Å². The van der Waals surface area contributed by atoms with Crippen LogP contribution in [0.15, 0.2) is 23.1 Å². The lowest BCUT2D eigenvalue weighted by Crippen LogP contribution is -2.46. The molecular weight excluding hydrogens is 295 g/mol. The molecule has 1 heterocycles. The van der Waals surface area contributed by atoms with E-state index in [0.717, 1.165) is 0 Å². The summed E-state index contributed by atoms with van der Waals surface area (Å²) < 4.78 is 45.9. The number of nitrogens with zero attached hydrogens (tertiary/aromatic N) is 1. The Hall–Kier alpha value is -1.02. The van der Waals surface area contributed by atoms with Gasteiger partial charge in [0, 0.05) is 32.3 Å². The molecule has 1 saturated heterocycles. The summed E-state index contributed by atoms with van der Waals surface area (Å²) in [5, 5.41) is 0. The van der Waals surface area contributed by atoms with Crippen LogP contribution in [0.5, 0.6) is 0 Å². The zero-order chi connectivity index (χ0) is 15.6. The number of rotatable bonds is 4. The maximum atomic E-state index is 13.8. The van der Waals surface area contributed by atoms with E-state index >= 15 is 0 Å². The first-order valence-electron chi connectivity index (χ1n) is 6.92. The third-order valence-electron chi connectivity index (χ3n) is 4.05. The van der Waals surface area contributed by atoms with Crippen molar-refractivity contribution in [1.82, 2.24) is 4.31 Å². The molecule has 1 aliphatic heterocycles. The highest BCUT2D eigenvalue weighted by atomic mass is 32.2. The first kappa shape index (κ1) is 16.4. The summed E-state index contributed by atoms with van der Waals surface area (Å²) in [4.78, 5) is -0.0468. The summed E-state index contributed by atoms with van der Waals surface area (Å²) in [5.74, 6) is -0.296. The Morgan fingerprint density at radius 3 is 2.81 bits per heavy atom. The fourth-order valence-corrected chi connectivity index (χ4v) is 4.36. The standard InChI is InChI=1S/C14H21FN2O3S/c1-10-6-7-17(9-13(10)20-2)21(18,19)14-5-3-4-12(15)11(14)8-16/h3-5,10,13H,6-9,16H2,1-2H3. The molecule has 0 saturated carbocycles. The minimum Gasteiger partial charge on any atom is -0.380 e. The van der Waals surface area contributed by atoms with E-state index < -0.39 is 15.8 Å². The zero-order valence-corrected chi connectivity index (χ0v) is 13.1. The average Bonchev–Trinajstić information content (AvgIpc) is 2.47. The summed E-state index contributed by atoms with van der Waals surface area (Å²) in [6.07, 6.45) is 0.564. The topological polar surface area (TPSA) is 72.6 Å². The highest BCUT2D eigenvalue weighted by Gasteiger charge is 2.35. The third-order valence-corrected chi connectivity index (χ3v) is 6.00. The Bertz CT molecular complexity index is 606. The molecule has 2 N–H and O–H groups in total. The second kappa shape index (κ2) is 6.39. The Morgan fingerprint density at radius 1 is 1.48 bits per heavy atom. The van der Waals surface area contributed by atoms with E-state index in [1.807, 2.05) is 6.92 Å². The van der Waals surface area contributed by atoms with Gasteiger partial charge in [0.15, 0.2) is 0 Å². The van der Waals surface area contributed by atoms with Crippen molar-refractivity contribution < 1.29 is 17.5 Å². The lowest BCUT2D eigenvalue weighted by atomic mass is 9.97. The molecule has 2 rings (SSSR count). The van der Waals surface area contributed by atoms with Crippen molar-refractivity contribution in [2.75, 3.05) is 20.2 Å². The molecule has 0 bridgehead atoms. The first-order valence-corrected chi connectivity index (χ1v) is 8.36. The minimum absolute atomic E-state index is 0.0325. The second-order valence-corrected chi connectivity index (χ2v) is 7.23. The number of ether oxygens (including phenoxy) is 1.